The highest BCUT2D eigenvalue weighted by molar-refractivity contribution is 5.78. The summed E-state index contributed by atoms with van der Waals surface area (Å²) in [6.45, 7) is 2.40. The van der Waals surface area contributed by atoms with Crippen molar-refractivity contribution in [2.45, 2.75) is 38.1 Å². The van der Waals surface area contributed by atoms with E-state index in [9.17, 15) is 19.1 Å². The number of nitrogens with zero attached hydrogens (tertiary/aromatic N) is 3. The Hall–Kier alpha value is -3.36. The van der Waals surface area contributed by atoms with E-state index in [1.807, 2.05) is 6.07 Å². The number of aromatic nitrogens is 1. The molecular weight excluding hydrogens is 427 g/mol. The first-order chi connectivity index (χ1) is 16.0. The van der Waals surface area contributed by atoms with Crippen LogP contribution in [0.5, 0.6) is 5.75 Å². The molecule has 0 unspecified atom stereocenters. The van der Waals surface area contributed by atoms with Gasteiger partial charge in [-0.15, -0.1) is 0 Å². The Bertz CT molecular complexity index is 1030. The monoisotopic (exact) mass is 456 g/mol. The molecule has 176 valence electrons. The third-order valence-electron chi connectivity index (χ3n) is 6.24. The zero-order chi connectivity index (χ0) is 23.4. The lowest BCUT2D eigenvalue weighted by Crippen LogP contribution is -2.36. The number of rotatable bonds is 9. The van der Waals surface area contributed by atoms with Gasteiger partial charge in [-0.1, -0.05) is 12.1 Å². The van der Waals surface area contributed by atoms with Gasteiger partial charge in [-0.2, -0.15) is 0 Å². The summed E-state index contributed by atoms with van der Waals surface area (Å²) < 4.78 is 19.2. The maximum atomic E-state index is 14.2. The first-order valence-corrected chi connectivity index (χ1v) is 11.3. The van der Waals surface area contributed by atoms with Crippen LogP contribution in [0, 0.1) is 5.82 Å². The standard InChI is InChI=1S/C24H29FN4O4/c1-33-21-9-7-17(14-19(21)25)20(15-22(30)31)29-13-12-28(24(29)32)11-3-5-18-8-6-16-4-2-10-26-23(16)27-18/h6-9,14,20H,2-5,10-13,15H2,1H3,(H,26,27)(H,30,31)/t20-/m0/s1. The third kappa shape index (κ3) is 5.18. The molecule has 0 spiro atoms. The van der Waals surface area contributed by atoms with Crippen molar-refractivity contribution in [1.82, 2.24) is 14.8 Å². The molecule has 1 saturated heterocycles. The number of methoxy groups -OCH3 is 1. The summed E-state index contributed by atoms with van der Waals surface area (Å²) >= 11 is 0. The molecule has 2 aromatic rings. The molecule has 0 saturated carbocycles. The molecule has 1 aromatic heterocycles. The second kappa shape index (κ2) is 10.1. The molecule has 0 aliphatic carbocycles. The van der Waals surface area contributed by atoms with Crippen molar-refractivity contribution in [2.24, 2.45) is 0 Å². The fourth-order valence-electron chi connectivity index (χ4n) is 4.52. The molecule has 0 bridgehead atoms. The lowest BCUT2D eigenvalue weighted by molar-refractivity contribution is -0.138. The first-order valence-electron chi connectivity index (χ1n) is 11.3. The Labute approximate surface area is 192 Å². The molecule has 3 heterocycles. The number of aliphatic carboxylic acids is 1. The number of ether oxygens (including phenoxy) is 1. The molecule has 2 aliphatic rings. The molecule has 2 amide bonds. The lowest BCUT2D eigenvalue weighted by Gasteiger charge is -2.27. The molecule has 4 rings (SSSR count). The highest BCUT2D eigenvalue weighted by Gasteiger charge is 2.35. The molecule has 1 aromatic carbocycles. The SMILES string of the molecule is COc1ccc([C@H](CC(=O)O)N2CCN(CCCc3ccc4c(n3)NCCC4)C2=O)cc1F. The van der Waals surface area contributed by atoms with Crippen molar-refractivity contribution in [2.75, 3.05) is 38.6 Å². The number of hydrogen-bond donors (Lipinski definition) is 2. The van der Waals surface area contributed by atoms with Gasteiger partial charge in [-0.05, 0) is 55.0 Å². The molecule has 33 heavy (non-hydrogen) atoms. The van der Waals surface area contributed by atoms with E-state index in [-0.39, 0.29) is 18.2 Å². The summed E-state index contributed by atoms with van der Waals surface area (Å²) in [7, 11) is 1.37. The summed E-state index contributed by atoms with van der Waals surface area (Å²) in [5.74, 6) is -0.589. The van der Waals surface area contributed by atoms with Crippen molar-refractivity contribution in [3.8, 4) is 5.75 Å². The van der Waals surface area contributed by atoms with E-state index in [2.05, 4.69) is 11.4 Å². The van der Waals surface area contributed by atoms with E-state index in [4.69, 9.17) is 9.72 Å². The molecule has 0 radical (unpaired) electrons. The largest absolute Gasteiger partial charge is 0.494 e. The Kier molecular flexibility index (Phi) is 6.96. The van der Waals surface area contributed by atoms with Gasteiger partial charge in [0.05, 0.1) is 19.6 Å². The number of urea groups is 1. The van der Waals surface area contributed by atoms with Gasteiger partial charge in [0.25, 0.3) is 0 Å². The molecule has 1 atom stereocenters. The third-order valence-corrected chi connectivity index (χ3v) is 6.24. The van der Waals surface area contributed by atoms with Crippen molar-refractivity contribution < 1.29 is 23.8 Å². The quantitative estimate of drug-likeness (QED) is 0.600. The number of pyridine rings is 1. The Morgan fingerprint density at radius 3 is 2.91 bits per heavy atom. The zero-order valence-electron chi connectivity index (χ0n) is 18.7. The molecule has 2 N–H and O–H groups in total. The minimum Gasteiger partial charge on any atom is -0.494 e. The molecule has 9 heteroatoms. The molecular formula is C24H29FN4O4. The van der Waals surface area contributed by atoms with Gasteiger partial charge in [-0.25, -0.2) is 14.2 Å². The second-order valence-corrected chi connectivity index (χ2v) is 8.41. The van der Waals surface area contributed by atoms with E-state index in [0.29, 0.717) is 25.2 Å². The van der Waals surface area contributed by atoms with Crippen LogP contribution in [0.1, 0.15) is 42.1 Å². The van der Waals surface area contributed by atoms with Crippen LogP contribution in [0.4, 0.5) is 15.0 Å². The van der Waals surface area contributed by atoms with E-state index < -0.39 is 17.8 Å². The number of carbonyl (C=O) groups excluding carboxylic acids is 1. The fourth-order valence-corrected chi connectivity index (χ4v) is 4.52. The van der Waals surface area contributed by atoms with Gasteiger partial charge in [0.15, 0.2) is 11.6 Å². The van der Waals surface area contributed by atoms with Crippen LogP contribution in [-0.4, -0.2) is 65.2 Å². The first kappa shape index (κ1) is 22.8. The van der Waals surface area contributed by atoms with Crippen LogP contribution in [-0.2, 0) is 17.6 Å². The highest BCUT2D eigenvalue weighted by atomic mass is 19.1. The zero-order valence-corrected chi connectivity index (χ0v) is 18.7. The van der Waals surface area contributed by atoms with Gasteiger partial charge in [0.1, 0.15) is 5.82 Å². The lowest BCUT2D eigenvalue weighted by atomic mass is 10.0. The van der Waals surface area contributed by atoms with Crippen molar-refractivity contribution in [3.63, 3.8) is 0 Å². The highest BCUT2D eigenvalue weighted by Crippen LogP contribution is 2.31. The van der Waals surface area contributed by atoms with Gasteiger partial charge in [0.2, 0.25) is 0 Å². The van der Waals surface area contributed by atoms with Crippen molar-refractivity contribution in [3.05, 3.63) is 53.0 Å². The number of carboxylic acids is 1. The summed E-state index contributed by atoms with van der Waals surface area (Å²) in [6, 6.07) is 7.52. The van der Waals surface area contributed by atoms with Gasteiger partial charge < -0.3 is 25.0 Å². The average Bonchev–Trinajstić information content (AvgIpc) is 3.17. The van der Waals surface area contributed by atoms with Gasteiger partial charge >= 0.3 is 12.0 Å². The van der Waals surface area contributed by atoms with Crippen LogP contribution >= 0.6 is 0 Å². The molecule has 2 aliphatic heterocycles. The van der Waals surface area contributed by atoms with Crippen molar-refractivity contribution in [1.29, 1.82) is 0 Å². The average molecular weight is 457 g/mol. The van der Waals surface area contributed by atoms with Crippen LogP contribution in [0.15, 0.2) is 30.3 Å². The van der Waals surface area contributed by atoms with Crippen LogP contribution < -0.4 is 10.1 Å². The number of halogens is 1. The van der Waals surface area contributed by atoms with Gasteiger partial charge in [0, 0.05) is 31.9 Å². The Balaban J connectivity index is 1.39. The maximum Gasteiger partial charge on any atom is 0.320 e. The smallest absolute Gasteiger partial charge is 0.320 e. The van der Waals surface area contributed by atoms with Crippen LogP contribution in [0.3, 0.4) is 0 Å². The number of carbonyl (C=O) groups is 2. The Morgan fingerprint density at radius 2 is 2.15 bits per heavy atom. The summed E-state index contributed by atoms with van der Waals surface area (Å²) in [5.41, 5.74) is 2.68. The van der Waals surface area contributed by atoms with E-state index in [1.165, 1.54) is 29.7 Å². The predicted octanol–water partition coefficient (Wildman–Crippen LogP) is 3.47. The number of amides is 2. The summed E-state index contributed by atoms with van der Waals surface area (Å²) in [5, 5.41) is 12.7. The number of benzene rings is 1. The normalized spacial score (nSPS) is 16.4. The topological polar surface area (TPSA) is 95.0 Å². The number of hydrogen-bond acceptors (Lipinski definition) is 5. The number of anilines is 1. The predicted molar refractivity (Wildman–Crippen MR) is 121 cm³/mol. The van der Waals surface area contributed by atoms with E-state index in [0.717, 1.165) is 43.7 Å². The van der Waals surface area contributed by atoms with Crippen LogP contribution in [0.2, 0.25) is 0 Å². The minimum atomic E-state index is -1.05. The number of fused-ring (bicyclic) bond motifs is 1. The van der Waals surface area contributed by atoms with E-state index in [1.54, 1.807) is 11.0 Å². The van der Waals surface area contributed by atoms with Crippen LogP contribution in [0.25, 0.3) is 0 Å². The molecule has 8 nitrogen and oxygen atoms in total. The number of nitrogens with one attached hydrogen (secondary N) is 1. The second-order valence-electron chi connectivity index (χ2n) is 8.41. The van der Waals surface area contributed by atoms with E-state index >= 15 is 0 Å². The van der Waals surface area contributed by atoms with Crippen molar-refractivity contribution >= 4 is 17.8 Å². The summed E-state index contributed by atoms with van der Waals surface area (Å²) in [4.78, 5) is 32.5. The maximum absolute atomic E-state index is 14.2. The number of carboxylic acid groups (broad SMARTS) is 1. The molecule has 1 fully saturated rings. The van der Waals surface area contributed by atoms with Gasteiger partial charge in [-0.3, -0.25) is 4.79 Å². The number of aryl methyl sites for hydroxylation is 2. The minimum absolute atomic E-state index is 0.0770. The summed E-state index contributed by atoms with van der Waals surface area (Å²) in [6.07, 6.45) is 3.38. The Morgan fingerprint density at radius 1 is 1.30 bits per heavy atom. The fraction of sp³-hybridized carbons (Fsp3) is 0.458.